The lowest BCUT2D eigenvalue weighted by Crippen LogP contribution is -1.80. The first-order valence-electron chi connectivity index (χ1n) is 3.36. The molecule has 0 fully saturated rings. The molecule has 12 heavy (non-hydrogen) atoms. The largest absolute Gasteiger partial charge is 0.530 e. The van der Waals surface area contributed by atoms with Crippen LogP contribution < -0.4 is 9.05 Å². The van der Waals surface area contributed by atoms with Crippen LogP contribution in [0.2, 0.25) is 0 Å². The molecule has 1 heterocycles. The maximum Gasteiger partial charge on any atom is 0.530 e. The van der Waals surface area contributed by atoms with Gasteiger partial charge in [-0.2, -0.15) is 0 Å². The van der Waals surface area contributed by atoms with E-state index in [4.69, 9.17) is 20.3 Å². The average Bonchev–Trinajstić information content (AvgIpc) is 2.21. The van der Waals surface area contributed by atoms with E-state index in [-0.39, 0.29) is 0 Å². The monoisotopic (exact) mass is 204 g/mol. The van der Waals surface area contributed by atoms with Crippen molar-refractivity contribution in [2.24, 2.45) is 0 Å². The third-order valence-corrected chi connectivity index (χ3v) is 2.76. The maximum absolute atomic E-state index is 11.1. The maximum atomic E-state index is 11.1. The van der Waals surface area contributed by atoms with Crippen LogP contribution in [0.3, 0.4) is 0 Å². The van der Waals surface area contributed by atoms with Crippen molar-refractivity contribution in [3.63, 3.8) is 0 Å². The summed E-state index contributed by atoms with van der Waals surface area (Å²) in [4.78, 5) is 0. The third-order valence-electron chi connectivity index (χ3n) is 1.51. The lowest BCUT2D eigenvalue weighted by molar-refractivity contribution is 0.452. The summed E-state index contributed by atoms with van der Waals surface area (Å²) in [5.41, 5.74) is 1.01. The number of halogens is 1. The molecular weight excluding hydrogens is 199 g/mol. The molecule has 0 spiro atoms. The SMILES string of the molecule is Cc1ccc2c(c1)OP(=O)(Cl)O2. The minimum Gasteiger partial charge on any atom is -0.401 e. The predicted octanol–water partition coefficient (Wildman–Crippen LogP) is 3.11. The van der Waals surface area contributed by atoms with E-state index in [1.165, 1.54) is 0 Å². The molecule has 0 N–H and O–H groups in total. The number of hydrogen-bond acceptors (Lipinski definition) is 3. The van der Waals surface area contributed by atoms with Crippen LogP contribution >= 0.6 is 18.2 Å². The van der Waals surface area contributed by atoms with Crippen LogP contribution in [-0.2, 0) is 4.57 Å². The van der Waals surface area contributed by atoms with Crippen LogP contribution in [0.15, 0.2) is 18.2 Å². The van der Waals surface area contributed by atoms with Gasteiger partial charge in [-0.3, -0.25) is 0 Å². The molecule has 0 radical (unpaired) electrons. The van der Waals surface area contributed by atoms with Gasteiger partial charge in [-0.05, 0) is 24.6 Å². The summed E-state index contributed by atoms with van der Waals surface area (Å²) in [6.07, 6.45) is 0. The Morgan fingerprint density at radius 2 is 2.00 bits per heavy atom. The summed E-state index contributed by atoms with van der Waals surface area (Å²) in [6, 6.07) is 5.26. The van der Waals surface area contributed by atoms with Gasteiger partial charge < -0.3 is 9.05 Å². The van der Waals surface area contributed by atoms with Crippen molar-refractivity contribution in [3.05, 3.63) is 23.8 Å². The molecular formula is C7H6ClO3P. The molecule has 0 saturated heterocycles. The zero-order chi connectivity index (χ0) is 8.77. The number of aryl methyl sites for hydroxylation is 1. The summed E-state index contributed by atoms with van der Waals surface area (Å²) < 4.78 is 20.8. The first kappa shape index (κ1) is 7.96. The molecule has 1 aliphatic rings. The minimum absolute atomic E-state index is 0.443. The second-order valence-electron chi connectivity index (χ2n) is 2.56. The number of hydrogen-bond donors (Lipinski definition) is 0. The summed E-state index contributed by atoms with van der Waals surface area (Å²) in [7, 11) is 0. The highest BCUT2D eigenvalue weighted by atomic mass is 35.7. The molecule has 2 rings (SSSR count). The summed E-state index contributed by atoms with van der Waals surface area (Å²) in [6.45, 7) is -1.47. The van der Waals surface area contributed by atoms with Gasteiger partial charge in [0.15, 0.2) is 11.5 Å². The highest BCUT2D eigenvalue weighted by Gasteiger charge is 2.34. The molecule has 0 aliphatic carbocycles. The van der Waals surface area contributed by atoms with E-state index in [1.54, 1.807) is 12.1 Å². The van der Waals surface area contributed by atoms with E-state index in [0.29, 0.717) is 11.5 Å². The normalized spacial score (nSPS) is 25.8. The topological polar surface area (TPSA) is 35.5 Å². The first-order valence-corrected chi connectivity index (χ1v) is 5.81. The Kier molecular flexibility index (Phi) is 1.60. The molecule has 0 amide bonds. The highest BCUT2D eigenvalue weighted by molar-refractivity contribution is 7.82. The average molecular weight is 205 g/mol. The van der Waals surface area contributed by atoms with Gasteiger partial charge in [-0.15, -0.1) is 0 Å². The van der Waals surface area contributed by atoms with Gasteiger partial charge in [0.25, 0.3) is 0 Å². The molecule has 0 bridgehead atoms. The van der Waals surface area contributed by atoms with E-state index < -0.39 is 6.95 Å². The van der Waals surface area contributed by atoms with Crippen LogP contribution in [-0.4, -0.2) is 0 Å². The zero-order valence-corrected chi connectivity index (χ0v) is 7.93. The molecule has 0 aromatic heterocycles. The van der Waals surface area contributed by atoms with Crippen molar-refractivity contribution in [3.8, 4) is 11.5 Å². The molecule has 1 aliphatic heterocycles. The van der Waals surface area contributed by atoms with Gasteiger partial charge >= 0.3 is 6.95 Å². The van der Waals surface area contributed by atoms with Crippen LogP contribution in [0.5, 0.6) is 11.5 Å². The van der Waals surface area contributed by atoms with Crippen LogP contribution in [0.25, 0.3) is 0 Å². The third kappa shape index (κ3) is 1.30. The van der Waals surface area contributed by atoms with Crippen molar-refractivity contribution < 1.29 is 13.6 Å². The van der Waals surface area contributed by atoms with E-state index in [2.05, 4.69) is 0 Å². The number of fused-ring (bicyclic) bond motifs is 1. The lowest BCUT2D eigenvalue weighted by atomic mass is 10.2. The minimum atomic E-state index is -3.37. The molecule has 0 saturated carbocycles. The van der Waals surface area contributed by atoms with Crippen molar-refractivity contribution >= 4 is 18.2 Å². The molecule has 64 valence electrons. The summed E-state index contributed by atoms with van der Waals surface area (Å²) in [5, 5.41) is 0. The standard InChI is InChI=1S/C7H6ClO3P/c1-5-2-3-6-7(4-5)11-12(8,9)10-6/h2-4H,1H3. The molecule has 1 atom stereocenters. The number of rotatable bonds is 0. The van der Waals surface area contributed by atoms with Gasteiger partial charge in [0.05, 0.1) is 0 Å². The van der Waals surface area contributed by atoms with Crippen LogP contribution in [0.4, 0.5) is 0 Å². The predicted molar refractivity (Wildman–Crippen MR) is 45.9 cm³/mol. The summed E-state index contributed by atoms with van der Waals surface area (Å²) in [5.74, 6) is 0.896. The molecule has 5 heteroatoms. The molecule has 3 nitrogen and oxygen atoms in total. The fraction of sp³-hybridized carbons (Fsp3) is 0.143. The first-order chi connectivity index (χ1) is 5.57. The highest BCUT2D eigenvalue weighted by Crippen LogP contribution is 2.61. The number of benzene rings is 1. The van der Waals surface area contributed by atoms with Crippen molar-refractivity contribution in [1.29, 1.82) is 0 Å². The zero-order valence-electron chi connectivity index (χ0n) is 6.28. The Morgan fingerprint density at radius 3 is 2.75 bits per heavy atom. The second kappa shape index (κ2) is 2.41. The Labute approximate surface area is 74.6 Å². The Bertz CT molecular complexity index is 377. The molecule has 1 aromatic rings. The van der Waals surface area contributed by atoms with Gasteiger partial charge in [0.2, 0.25) is 0 Å². The van der Waals surface area contributed by atoms with Crippen LogP contribution in [0.1, 0.15) is 5.56 Å². The molecule has 1 aromatic carbocycles. The quantitative estimate of drug-likeness (QED) is 0.609. The van der Waals surface area contributed by atoms with Crippen molar-refractivity contribution in [2.75, 3.05) is 0 Å². The van der Waals surface area contributed by atoms with E-state index >= 15 is 0 Å². The van der Waals surface area contributed by atoms with E-state index in [9.17, 15) is 4.57 Å². The Hall–Kier alpha value is -0.660. The van der Waals surface area contributed by atoms with Crippen LogP contribution in [0, 0.1) is 6.92 Å². The van der Waals surface area contributed by atoms with Gasteiger partial charge in [-0.1, -0.05) is 6.07 Å². The van der Waals surface area contributed by atoms with E-state index in [0.717, 1.165) is 5.56 Å². The molecule has 1 unspecified atom stereocenters. The smallest absolute Gasteiger partial charge is 0.401 e. The van der Waals surface area contributed by atoms with E-state index in [1.807, 2.05) is 13.0 Å². The Morgan fingerprint density at radius 1 is 1.33 bits per heavy atom. The summed E-state index contributed by atoms with van der Waals surface area (Å²) >= 11 is 5.40. The van der Waals surface area contributed by atoms with Crippen molar-refractivity contribution in [2.45, 2.75) is 6.92 Å². The van der Waals surface area contributed by atoms with Gasteiger partial charge in [0.1, 0.15) is 0 Å². The van der Waals surface area contributed by atoms with Gasteiger partial charge in [-0.25, -0.2) is 4.57 Å². The van der Waals surface area contributed by atoms with Crippen molar-refractivity contribution in [1.82, 2.24) is 0 Å². The van der Waals surface area contributed by atoms with Gasteiger partial charge in [0, 0.05) is 11.2 Å². The Balaban J connectivity index is 2.49. The fourth-order valence-electron chi connectivity index (χ4n) is 1.02. The lowest BCUT2D eigenvalue weighted by Gasteiger charge is -1.96. The fourth-order valence-corrected chi connectivity index (χ4v) is 2.26. The second-order valence-corrected chi connectivity index (χ2v) is 5.03.